The maximum Gasteiger partial charge on any atom is 0.282 e. The van der Waals surface area contributed by atoms with E-state index in [0.29, 0.717) is 19.1 Å². The van der Waals surface area contributed by atoms with Crippen LogP contribution in [0.4, 0.5) is 0 Å². The Bertz CT molecular complexity index is 371. The van der Waals surface area contributed by atoms with Gasteiger partial charge in [0.15, 0.2) is 0 Å². The van der Waals surface area contributed by atoms with Gasteiger partial charge in [-0.25, -0.2) is 0 Å². The quantitative estimate of drug-likeness (QED) is 0.849. The molecule has 1 N–H and O–H groups in total. The summed E-state index contributed by atoms with van der Waals surface area (Å²) in [5.41, 5.74) is 0. The third kappa shape index (κ3) is 3.82. The number of hydrogen-bond donors (Lipinski definition) is 1. The molecule has 1 aliphatic carbocycles. The van der Waals surface area contributed by atoms with Gasteiger partial charge in [-0.15, -0.1) is 12.4 Å². The second-order valence-corrected chi connectivity index (χ2v) is 7.44. The second kappa shape index (κ2) is 7.22. The summed E-state index contributed by atoms with van der Waals surface area (Å²) in [6, 6.07) is 0.511. The summed E-state index contributed by atoms with van der Waals surface area (Å²) in [5, 5.41) is 3.16. The molecule has 2 aliphatic rings. The van der Waals surface area contributed by atoms with Crippen molar-refractivity contribution in [2.75, 3.05) is 27.2 Å². The maximum atomic E-state index is 12.5. The van der Waals surface area contributed by atoms with Crippen molar-refractivity contribution in [2.24, 2.45) is 0 Å². The molecule has 1 atom stereocenters. The first-order chi connectivity index (χ1) is 8.55. The number of halogens is 1. The SMILES string of the molecule is CNC1CCN(S(=O)(=O)N(C)C2CCCCC2)C1.Cl. The molecule has 1 saturated heterocycles. The summed E-state index contributed by atoms with van der Waals surface area (Å²) < 4.78 is 28.3. The number of hydrogen-bond acceptors (Lipinski definition) is 3. The Morgan fingerprint density at radius 1 is 1.16 bits per heavy atom. The number of nitrogens with one attached hydrogen (secondary N) is 1. The van der Waals surface area contributed by atoms with Crippen LogP contribution in [0.25, 0.3) is 0 Å². The van der Waals surface area contributed by atoms with Crippen LogP contribution in [0.1, 0.15) is 38.5 Å². The zero-order chi connectivity index (χ0) is 13.2. The van der Waals surface area contributed by atoms with Crippen LogP contribution in [0.3, 0.4) is 0 Å². The van der Waals surface area contributed by atoms with Crippen molar-refractivity contribution in [1.29, 1.82) is 0 Å². The van der Waals surface area contributed by atoms with Crippen LogP contribution in [0.5, 0.6) is 0 Å². The fourth-order valence-electron chi connectivity index (χ4n) is 2.99. The van der Waals surface area contributed by atoms with E-state index in [1.54, 1.807) is 15.7 Å². The van der Waals surface area contributed by atoms with E-state index in [2.05, 4.69) is 5.32 Å². The first-order valence-electron chi connectivity index (χ1n) is 6.96. The Morgan fingerprint density at radius 3 is 2.32 bits per heavy atom. The molecule has 2 rings (SSSR count). The second-order valence-electron chi connectivity index (χ2n) is 5.45. The van der Waals surface area contributed by atoms with Crippen LogP contribution in [0.15, 0.2) is 0 Å². The van der Waals surface area contributed by atoms with Crippen molar-refractivity contribution >= 4 is 22.6 Å². The van der Waals surface area contributed by atoms with Crippen LogP contribution in [0.2, 0.25) is 0 Å². The third-order valence-corrected chi connectivity index (χ3v) is 6.35. The summed E-state index contributed by atoms with van der Waals surface area (Å²) in [4.78, 5) is 0. The lowest BCUT2D eigenvalue weighted by atomic mass is 9.96. The Morgan fingerprint density at radius 2 is 1.79 bits per heavy atom. The van der Waals surface area contributed by atoms with E-state index in [4.69, 9.17) is 0 Å². The van der Waals surface area contributed by atoms with Crippen molar-refractivity contribution in [3.05, 3.63) is 0 Å². The smallest absolute Gasteiger partial charge is 0.282 e. The molecule has 2 fully saturated rings. The highest BCUT2D eigenvalue weighted by Crippen LogP contribution is 2.26. The van der Waals surface area contributed by atoms with Crippen LogP contribution in [0, 0.1) is 0 Å². The van der Waals surface area contributed by atoms with Crippen LogP contribution >= 0.6 is 12.4 Å². The highest BCUT2D eigenvalue weighted by molar-refractivity contribution is 7.86. The van der Waals surface area contributed by atoms with Gasteiger partial charge in [0.2, 0.25) is 0 Å². The van der Waals surface area contributed by atoms with Gasteiger partial charge in [-0.1, -0.05) is 19.3 Å². The van der Waals surface area contributed by atoms with Gasteiger partial charge in [0.25, 0.3) is 10.2 Å². The van der Waals surface area contributed by atoms with Gasteiger partial charge in [-0.05, 0) is 26.3 Å². The van der Waals surface area contributed by atoms with Gasteiger partial charge < -0.3 is 5.32 Å². The minimum atomic E-state index is -3.25. The Kier molecular flexibility index (Phi) is 6.53. The minimum absolute atomic E-state index is 0. The number of rotatable bonds is 4. The number of nitrogens with zero attached hydrogens (tertiary/aromatic N) is 2. The topological polar surface area (TPSA) is 52.7 Å². The lowest BCUT2D eigenvalue weighted by molar-refractivity contribution is 0.268. The lowest BCUT2D eigenvalue weighted by Crippen LogP contribution is -2.47. The van der Waals surface area contributed by atoms with E-state index in [1.165, 1.54) is 6.42 Å². The Balaban J connectivity index is 0.00000180. The largest absolute Gasteiger partial charge is 0.316 e. The van der Waals surface area contributed by atoms with Crippen LogP contribution < -0.4 is 5.32 Å². The lowest BCUT2D eigenvalue weighted by Gasteiger charge is -2.33. The van der Waals surface area contributed by atoms with Gasteiger partial charge in [-0.2, -0.15) is 17.0 Å². The summed E-state index contributed by atoms with van der Waals surface area (Å²) >= 11 is 0. The fourth-order valence-corrected chi connectivity index (χ4v) is 4.64. The monoisotopic (exact) mass is 311 g/mol. The third-order valence-electron chi connectivity index (χ3n) is 4.34. The molecular weight excluding hydrogens is 286 g/mol. The molecule has 0 aromatic heterocycles. The Hall–Kier alpha value is 0.120. The molecule has 19 heavy (non-hydrogen) atoms. The maximum absolute atomic E-state index is 12.5. The molecule has 1 saturated carbocycles. The van der Waals surface area contributed by atoms with Crippen molar-refractivity contribution in [1.82, 2.24) is 13.9 Å². The van der Waals surface area contributed by atoms with Crippen LogP contribution in [-0.4, -0.2) is 56.3 Å². The first-order valence-corrected chi connectivity index (χ1v) is 8.35. The van der Waals surface area contributed by atoms with E-state index >= 15 is 0 Å². The minimum Gasteiger partial charge on any atom is -0.316 e. The fraction of sp³-hybridized carbons (Fsp3) is 1.00. The molecule has 5 nitrogen and oxygen atoms in total. The standard InChI is InChI=1S/C12H25N3O2S.ClH/c1-13-11-8-9-15(10-11)18(16,17)14(2)12-6-4-3-5-7-12;/h11-13H,3-10H2,1-2H3;1H. The molecule has 0 spiro atoms. The van der Waals surface area contributed by atoms with Crippen molar-refractivity contribution in [3.8, 4) is 0 Å². The molecule has 1 aliphatic heterocycles. The predicted molar refractivity (Wildman–Crippen MR) is 79.8 cm³/mol. The average molecular weight is 312 g/mol. The van der Waals surface area contributed by atoms with E-state index in [1.807, 2.05) is 7.05 Å². The van der Waals surface area contributed by atoms with E-state index < -0.39 is 10.2 Å². The molecule has 1 heterocycles. The van der Waals surface area contributed by atoms with Gasteiger partial charge in [0.05, 0.1) is 0 Å². The number of likely N-dealkylation sites (N-methyl/N-ethyl adjacent to an activating group) is 1. The molecule has 0 amide bonds. The molecule has 0 bridgehead atoms. The Labute approximate surface area is 123 Å². The normalized spacial score (nSPS) is 26.6. The van der Waals surface area contributed by atoms with Crippen molar-refractivity contribution in [2.45, 2.75) is 50.6 Å². The van der Waals surface area contributed by atoms with E-state index in [9.17, 15) is 8.42 Å². The molecule has 1 unspecified atom stereocenters. The van der Waals surface area contributed by atoms with Gasteiger partial charge >= 0.3 is 0 Å². The zero-order valence-electron chi connectivity index (χ0n) is 11.8. The molecular formula is C12H26ClN3O2S. The predicted octanol–water partition coefficient (Wildman–Crippen LogP) is 1.21. The van der Waals surface area contributed by atoms with Crippen LogP contribution in [-0.2, 0) is 10.2 Å². The zero-order valence-corrected chi connectivity index (χ0v) is 13.5. The molecule has 0 aromatic rings. The molecule has 0 radical (unpaired) electrons. The summed E-state index contributed by atoms with van der Waals surface area (Å²) in [6.45, 7) is 1.25. The molecule has 114 valence electrons. The summed E-state index contributed by atoms with van der Waals surface area (Å²) in [6.07, 6.45) is 6.50. The first kappa shape index (κ1) is 17.2. The molecule has 7 heteroatoms. The highest BCUT2D eigenvalue weighted by atomic mass is 35.5. The summed E-state index contributed by atoms with van der Waals surface area (Å²) in [7, 11) is 0.388. The highest BCUT2D eigenvalue weighted by Gasteiger charge is 2.36. The summed E-state index contributed by atoms with van der Waals surface area (Å²) in [5.74, 6) is 0. The van der Waals surface area contributed by atoms with Gasteiger partial charge in [-0.3, -0.25) is 0 Å². The van der Waals surface area contributed by atoms with Crippen molar-refractivity contribution in [3.63, 3.8) is 0 Å². The van der Waals surface area contributed by atoms with Gasteiger partial charge in [0.1, 0.15) is 0 Å². The molecule has 0 aromatic carbocycles. The van der Waals surface area contributed by atoms with E-state index in [0.717, 1.165) is 32.1 Å². The van der Waals surface area contributed by atoms with E-state index in [-0.39, 0.29) is 18.4 Å². The average Bonchev–Trinajstić information content (AvgIpc) is 2.88. The van der Waals surface area contributed by atoms with Crippen molar-refractivity contribution < 1.29 is 8.42 Å². The van der Waals surface area contributed by atoms with Gasteiger partial charge in [0, 0.05) is 32.2 Å².